The Bertz CT molecular complexity index is 698. The van der Waals surface area contributed by atoms with Crippen molar-refractivity contribution >= 4 is 45.7 Å². The zero-order valence-electron chi connectivity index (χ0n) is 12.8. The number of benzene rings is 1. The topological polar surface area (TPSA) is 54.9 Å². The van der Waals surface area contributed by atoms with Crippen LogP contribution in [0.5, 0.6) is 0 Å². The van der Waals surface area contributed by atoms with Crippen LogP contribution in [-0.4, -0.2) is 22.4 Å². The van der Waals surface area contributed by atoms with Gasteiger partial charge in [-0.1, -0.05) is 42.2 Å². The van der Waals surface area contributed by atoms with Crippen molar-refractivity contribution in [2.24, 2.45) is 0 Å². The third-order valence-electron chi connectivity index (χ3n) is 4.03. The van der Waals surface area contributed by atoms with Crippen molar-refractivity contribution < 1.29 is 4.79 Å². The molecule has 7 heteroatoms. The summed E-state index contributed by atoms with van der Waals surface area (Å²) in [5, 5.41) is 13.2. The van der Waals surface area contributed by atoms with Gasteiger partial charge in [0.2, 0.25) is 5.13 Å². The predicted octanol–water partition coefficient (Wildman–Crippen LogP) is 5.21. The Hall–Kier alpha value is -1.11. The Balaban J connectivity index is 1.72. The molecule has 0 atom stereocenters. The van der Waals surface area contributed by atoms with Crippen molar-refractivity contribution in [3.05, 3.63) is 33.8 Å². The predicted molar refractivity (Wildman–Crippen MR) is 96.9 cm³/mol. The van der Waals surface area contributed by atoms with Gasteiger partial charge in [-0.05, 0) is 37.3 Å². The summed E-state index contributed by atoms with van der Waals surface area (Å²) < 4.78 is 0. The van der Waals surface area contributed by atoms with E-state index in [0.29, 0.717) is 21.6 Å². The first-order valence-corrected chi connectivity index (χ1v) is 10.1. The van der Waals surface area contributed by atoms with E-state index in [9.17, 15) is 4.79 Å². The Labute approximate surface area is 149 Å². The van der Waals surface area contributed by atoms with Crippen LogP contribution >= 0.6 is 34.7 Å². The van der Waals surface area contributed by atoms with E-state index in [1.54, 1.807) is 23.9 Å². The van der Waals surface area contributed by atoms with Crippen LogP contribution in [0.25, 0.3) is 0 Å². The lowest BCUT2D eigenvalue weighted by molar-refractivity contribution is 0.102. The Morgan fingerprint density at radius 3 is 2.83 bits per heavy atom. The average molecular weight is 368 g/mol. The molecule has 122 valence electrons. The molecule has 1 saturated carbocycles. The van der Waals surface area contributed by atoms with Gasteiger partial charge in [0.25, 0.3) is 5.91 Å². The fraction of sp³-hybridized carbons (Fsp3) is 0.438. The highest BCUT2D eigenvalue weighted by atomic mass is 35.5. The number of nitrogens with zero attached hydrogens (tertiary/aromatic N) is 2. The highest BCUT2D eigenvalue weighted by Gasteiger charge is 2.21. The summed E-state index contributed by atoms with van der Waals surface area (Å²) in [5.74, 6) is 0.257. The van der Waals surface area contributed by atoms with Crippen LogP contribution in [0.4, 0.5) is 5.13 Å². The maximum Gasteiger partial charge on any atom is 0.259 e. The van der Waals surface area contributed by atoms with Crippen LogP contribution in [0.2, 0.25) is 5.02 Å². The third-order valence-corrected chi connectivity index (χ3v) is 6.09. The van der Waals surface area contributed by atoms with E-state index in [1.165, 1.54) is 43.4 Å². The van der Waals surface area contributed by atoms with E-state index in [-0.39, 0.29) is 5.91 Å². The fourth-order valence-electron chi connectivity index (χ4n) is 2.77. The van der Waals surface area contributed by atoms with Crippen molar-refractivity contribution in [1.82, 2.24) is 10.2 Å². The maximum absolute atomic E-state index is 12.4. The van der Waals surface area contributed by atoms with Crippen molar-refractivity contribution in [1.29, 1.82) is 0 Å². The number of nitrogens with one attached hydrogen (secondary N) is 1. The summed E-state index contributed by atoms with van der Waals surface area (Å²) in [6, 6.07) is 5.44. The number of thioether (sulfide) groups is 1. The second kappa shape index (κ2) is 7.64. The number of aromatic nitrogens is 2. The zero-order valence-corrected chi connectivity index (χ0v) is 15.2. The van der Waals surface area contributed by atoms with Crippen LogP contribution in [0.3, 0.4) is 0 Å². The number of anilines is 1. The lowest BCUT2D eigenvalue weighted by atomic mass is 9.90. The second-order valence-electron chi connectivity index (χ2n) is 5.58. The summed E-state index contributed by atoms with van der Waals surface area (Å²) >= 11 is 9.19. The molecule has 23 heavy (non-hydrogen) atoms. The van der Waals surface area contributed by atoms with Gasteiger partial charge in [0.15, 0.2) is 0 Å². The van der Waals surface area contributed by atoms with Gasteiger partial charge in [-0.3, -0.25) is 10.1 Å². The molecular weight excluding hydrogens is 350 g/mol. The summed E-state index contributed by atoms with van der Waals surface area (Å²) in [6.45, 7) is 0. The molecule has 1 N–H and O–H groups in total. The molecule has 3 rings (SSSR count). The average Bonchev–Trinajstić information content (AvgIpc) is 3.04. The van der Waals surface area contributed by atoms with Crippen LogP contribution < -0.4 is 5.32 Å². The zero-order chi connectivity index (χ0) is 16.2. The van der Waals surface area contributed by atoms with Gasteiger partial charge in [0.1, 0.15) is 5.01 Å². The molecule has 1 aliphatic carbocycles. The molecule has 0 bridgehead atoms. The smallest absolute Gasteiger partial charge is 0.259 e. The van der Waals surface area contributed by atoms with Gasteiger partial charge in [-0.15, -0.1) is 22.0 Å². The van der Waals surface area contributed by atoms with Crippen LogP contribution in [-0.2, 0) is 0 Å². The monoisotopic (exact) mass is 367 g/mol. The molecule has 2 aromatic rings. The Morgan fingerprint density at radius 1 is 1.30 bits per heavy atom. The van der Waals surface area contributed by atoms with Gasteiger partial charge in [0.05, 0.1) is 10.6 Å². The lowest BCUT2D eigenvalue weighted by Crippen LogP contribution is -2.12. The van der Waals surface area contributed by atoms with E-state index >= 15 is 0 Å². The molecule has 0 aliphatic heterocycles. The number of hydrogen-bond donors (Lipinski definition) is 1. The summed E-state index contributed by atoms with van der Waals surface area (Å²) in [7, 11) is 0. The lowest BCUT2D eigenvalue weighted by Gasteiger charge is -2.18. The first kappa shape index (κ1) is 16.7. The molecule has 0 saturated heterocycles. The van der Waals surface area contributed by atoms with Crippen LogP contribution in [0, 0.1) is 0 Å². The number of hydrogen-bond acceptors (Lipinski definition) is 5. The number of halogens is 1. The Kier molecular flexibility index (Phi) is 5.56. The molecule has 0 spiro atoms. The van der Waals surface area contributed by atoms with E-state index < -0.39 is 0 Å². The van der Waals surface area contributed by atoms with Crippen molar-refractivity contribution in [3.8, 4) is 0 Å². The van der Waals surface area contributed by atoms with Crippen molar-refractivity contribution in [2.45, 2.75) is 42.9 Å². The molecular formula is C16H18ClN3OS2. The van der Waals surface area contributed by atoms with E-state index in [1.807, 2.05) is 12.3 Å². The molecule has 1 amide bonds. The number of rotatable bonds is 4. The van der Waals surface area contributed by atoms with Crippen molar-refractivity contribution in [2.75, 3.05) is 11.6 Å². The molecule has 1 aromatic heterocycles. The van der Waals surface area contributed by atoms with Crippen LogP contribution in [0.15, 0.2) is 23.1 Å². The second-order valence-corrected chi connectivity index (χ2v) is 7.88. The molecule has 1 fully saturated rings. The molecule has 1 aromatic carbocycles. The Morgan fingerprint density at radius 2 is 2.09 bits per heavy atom. The molecule has 1 heterocycles. The number of carbonyl (C=O) groups is 1. The minimum absolute atomic E-state index is 0.239. The molecule has 1 aliphatic rings. The third kappa shape index (κ3) is 4.05. The highest BCUT2D eigenvalue weighted by Crippen LogP contribution is 2.35. The fourth-order valence-corrected chi connectivity index (χ4v) is 4.32. The SMILES string of the molecule is CSc1ccc(Cl)c(C(=O)Nc2nnc(C3CCCCC3)s2)c1. The van der Waals surface area contributed by atoms with Gasteiger partial charge in [0, 0.05) is 10.8 Å². The highest BCUT2D eigenvalue weighted by molar-refractivity contribution is 7.98. The summed E-state index contributed by atoms with van der Waals surface area (Å²) in [6.07, 6.45) is 8.12. The van der Waals surface area contributed by atoms with Crippen molar-refractivity contribution in [3.63, 3.8) is 0 Å². The van der Waals surface area contributed by atoms with Gasteiger partial charge in [-0.25, -0.2) is 0 Å². The minimum Gasteiger partial charge on any atom is -0.296 e. The molecule has 0 radical (unpaired) electrons. The van der Waals surface area contributed by atoms with Gasteiger partial charge >= 0.3 is 0 Å². The van der Waals surface area contributed by atoms with E-state index in [0.717, 1.165) is 9.90 Å². The standard InChI is InChI=1S/C16H18ClN3OS2/c1-22-11-7-8-13(17)12(9-11)14(21)18-16-20-19-15(23-16)10-5-3-2-4-6-10/h7-10H,2-6H2,1H3,(H,18,20,21). The van der Waals surface area contributed by atoms with E-state index in [4.69, 9.17) is 11.6 Å². The largest absolute Gasteiger partial charge is 0.296 e. The molecule has 0 unspecified atom stereocenters. The van der Waals surface area contributed by atoms with Gasteiger partial charge in [-0.2, -0.15) is 0 Å². The number of carbonyl (C=O) groups excluding carboxylic acids is 1. The molecule has 4 nitrogen and oxygen atoms in total. The first-order chi connectivity index (χ1) is 11.2. The van der Waals surface area contributed by atoms with Crippen LogP contribution in [0.1, 0.15) is 53.4 Å². The normalized spacial score (nSPS) is 15.6. The quantitative estimate of drug-likeness (QED) is 0.753. The van der Waals surface area contributed by atoms with E-state index in [2.05, 4.69) is 15.5 Å². The minimum atomic E-state index is -0.239. The summed E-state index contributed by atoms with van der Waals surface area (Å²) in [5.41, 5.74) is 0.466. The first-order valence-electron chi connectivity index (χ1n) is 7.65. The summed E-state index contributed by atoms with van der Waals surface area (Å²) in [4.78, 5) is 13.4. The van der Waals surface area contributed by atoms with Gasteiger partial charge < -0.3 is 0 Å². The number of amides is 1. The maximum atomic E-state index is 12.4.